The Morgan fingerprint density at radius 1 is 0.921 bits per heavy atom. The summed E-state index contributed by atoms with van der Waals surface area (Å²) in [6.07, 6.45) is 5.51. The van der Waals surface area contributed by atoms with Gasteiger partial charge >= 0.3 is 0 Å². The highest BCUT2D eigenvalue weighted by atomic mass is 35.5. The lowest BCUT2D eigenvalue weighted by atomic mass is 9.94. The number of carbonyl (C=O) groups excluding carboxylic acids is 2. The third-order valence-electron chi connectivity index (χ3n) is 6.74. The normalized spacial score (nSPS) is 14.5. The summed E-state index contributed by atoms with van der Waals surface area (Å²) in [5, 5.41) is 3.97. The zero-order chi connectivity index (χ0) is 26.9. The molecule has 1 saturated carbocycles. The molecule has 0 radical (unpaired) electrons. The standard InChI is InChI=1S/C30H31Cl2FN2O3/c31-26-16-11-22(17-27(26)32)19-35(29(36)20-38-25-14-12-23(33)13-15-25)28(18-21-7-3-1-4-8-21)30(37)34-24-9-5-2-6-10-24/h1,3-4,7-8,11-17,24,28H,2,5-6,9-10,18-20H2,(H,34,37). The third kappa shape index (κ3) is 7.95. The Balaban J connectivity index is 1.62. The monoisotopic (exact) mass is 556 g/mol. The summed E-state index contributed by atoms with van der Waals surface area (Å²) in [6, 6.07) is 19.5. The Labute approximate surface area is 232 Å². The molecule has 1 atom stereocenters. The van der Waals surface area contributed by atoms with E-state index in [-0.39, 0.29) is 31.0 Å². The number of hydrogen-bond acceptors (Lipinski definition) is 3. The van der Waals surface area contributed by atoms with Crippen LogP contribution in [-0.2, 0) is 22.6 Å². The second kappa shape index (κ2) is 13.6. The molecule has 1 unspecified atom stereocenters. The second-order valence-corrected chi connectivity index (χ2v) is 10.4. The molecule has 0 spiro atoms. The lowest BCUT2D eigenvalue weighted by molar-refractivity contribution is -0.143. The molecule has 3 aromatic carbocycles. The second-order valence-electron chi connectivity index (χ2n) is 9.56. The van der Waals surface area contributed by atoms with Crippen molar-refractivity contribution in [3.63, 3.8) is 0 Å². The molecule has 4 rings (SSSR count). The number of halogens is 3. The summed E-state index contributed by atoms with van der Waals surface area (Å²) in [4.78, 5) is 28.9. The van der Waals surface area contributed by atoms with E-state index in [0.29, 0.717) is 22.2 Å². The van der Waals surface area contributed by atoms with Crippen LogP contribution in [0.2, 0.25) is 10.0 Å². The number of rotatable bonds is 10. The van der Waals surface area contributed by atoms with Gasteiger partial charge in [-0.1, -0.05) is 78.9 Å². The predicted molar refractivity (Wildman–Crippen MR) is 148 cm³/mol. The van der Waals surface area contributed by atoms with E-state index in [1.165, 1.54) is 35.6 Å². The van der Waals surface area contributed by atoms with Crippen LogP contribution in [-0.4, -0.2) is 35.4 Å². The topological polar surface area (TPSA) is 58.6 Å². The van der Waals surface area contributed by atoms with Gasteiger partial charge in [-0.05, 0) is 60.4 Å². The van der Waals surface area contributed by atoms with Gasteiger partial charge in [-0.2, -0.15) is 0 Å². The van der Waals surface area contributed by atoms with Gasteiger partial charge in [-0.25, -0.2) is 4.39 Å². The molecule has 0 bridgehead atoms. The average molecular weight is 557 g/mol. The SMILES string of the molecule is O=C(NC1CCCCC1)C(Cc1ccccc1)N(Cc1ccc(Cl)c(Cl)c1)C(=O)COc1ccc(F)cc1. The molecule has 3 aromatic rings. The highest BCUT2D eigenvalue weighted by Crippen LogP contribution is 2.25. The average Bonchev–Trinajstić information content (AvgIpc) is 2.93. The zero-order valence-corrected chi connectivity index (χ0v) is 22.6. The van der Waals surface area contributed by atoms with Gasteiger partial charge in [0.2, 0.25) is 5.91 Å². The van der Waals surface area contributed by atoms with Gasteiger partial charge in [0.25, 0.3) is 5.91 Å². The molecule has 0 aliphatic heterocycles. The minimum absolute atomic E-state index is 0.0897. The van der Waals surface area contributed by atoms with Crippen molar-refractivity contribution in [3.8, 4) is 5.75 Å². The molecule has 2 amide bonds. The van der Waals surface area contributed by atoms with Gasteiger partial charge in [-0.15, -0.1) is 0 Å². The summed E-state index contributed by atoms with van der Waals surface area (Å²) >= 11 is 12.4. The fourth-order valence-corrected chi connectivity index (χ4v) is 5.01. The number of nitrogens with zero attached hydrogens (tertiary/aromatic N) is 1. The molecule has 5 nitrogen and oxygen atoms in total. The number of ether oxygens (including phenoxy) is 1. The van der Waals surface area contributed by atoms with Crippen LogP contribution in [0.25, 0.3) is 0 Å². The van der Waals surface area contributed by atoms with Gasteiger partial charge in [0, 0.05) is 19.0 Å². The van der Waals surface area contributed by atoms with Gasteiger partial charge < -0.3 is 15.0 Å². The molecule has 0 saturated heterocycles. The largest absolute Gasteiger partial charge is 0.484 e. The van der Waals surface area contributed by atoms with Crippen LogP contribution in [0.5, 0.6) is 5.75 Å². The maximum absolute atomic E-state index is 13.8. The van der Waals surface area contributed by atoms with Crippen molar-refractivity contribution in [3.05, 3.63) is 99.8 Å². The molecule has 0 aromatic heterocycles. The van der Waals surface area contributed by atoms with Gasteiger partial charge in [-0.3, -0.25) is 9.59 Å². The Bertz CT molecular complexity index is 1220. The summed E-state index contributed by atoms with van der Waals surface area (Å²) in [6.45, 7) is -0.174. The molecule has 1 aliphatic carbocycles. The lowest BCUT2D eigenvalue weighted by Crippen LogP contribution is -2.53. The number of hydrogen-bond donors (Lipinski definition) is 1. The van der Waals surface area contributed by atoms with Crippen molar-refractivity contribution in [2.45, 2.75) is 57.2 Å². The van der Waals surface area contributed by atoms with E-state index in [1.807, 2.05) is 30.3 Å². The smallest absolute Gasteiger partial charge is 0.261 e. The minimum Gasteiger partial charge on any atom is -0.484 e. The van der Waals surface area contributed by atoms with Crippen molar-refractivity contribution in [2.24, 2.45) is 0 Å². The van der Waals surface area contributed by atoms with Crippen LogP contribution in [0, 0.1) is 5.82 Å². The maximum Gasteiger partial charge on any atom is 0.261 e. The quantitative estimate of drug-likeness (QED) is 0.306. The van der Waals surface area contributed by atoms with Crippen LogP contribution in [0.15, 0.2) is 72.8 Å². The fourth-order valence-electron chi connectivity index (χ4n) is 4.69. The summed E-state index contributed by atoms with van der Waals surface area (Å²) in [7, 11) is 0. The summed E-state index contributed by atoms with van der Waals surface area (Å²) in [5.41, 5.74) is 1.67. The summed E-state index contributed by atoms with van der Waals surface area (Å²) in [5.74, 6) is -0.608. The zero-order valence-electron chi connectivity index (χ0n) is 21.0. The van der Waals surface area contributed by atoms with E-state index in [9.17, 15) is 14.0 Å². The van der Waals surface area contributed by atoms with E-state index in [0.717, 1.165) is 36.8 Å². The Hall–Kier alpha value is -3.09. The first-order chi connectivity index (χ1) is 18.4. The van der Waals surface area contributed by atoms with Crippen LogP contribution in [0.1, 0.15) is 43.2 Å². The first-order valence-corrected chi connectivity index (χ1v) is 13.6. The van der Waals surface area contributed by atoms with E-state index in [1.54, 1.807) is 18.2 Å². The van der Waals surface area contributed by atoms with Crippen molar-refractivity contribution in [1.29, 1.82) is 0 Å². The molecule has 38 heavy (non-hydrogen) atoms. The lowest BCUT2D eigenvalue weighted by Gasteiger charge is -2.33. The predicted octanol–water partition coefficient (Wildman–Crippen LogP) is 6.60. The molecule has 8 heteroatoms. The molecule has 0 heterocycles. The first-order valence-electron chi connectivity index (χ1n) is 12.8. The van der Waals surface area contributed by atoms with Crippen molar-refractivity contribution < 1.29 is 18.7 Å². The van der Waals surface area contributed by atoms with Crippen LogP contribution in [0.3, 0.4) is 0 Å². The van der Waals surface area contributed by atoms with E-state index in [4.69, 9.17) is 27.9 Å². The van der Waals surface area contributed by atoms with Crippen molar-refractivity contribution in [1.82, 2.24) is 10.2 Å². The number of benzene rings is 3. The molecule has 1 fully saturated rings. The molecule has 1 aliphatic rings. The van der Waals surface area contributed by atoms with Crippen molar-refractivity contribution >= 4 is 35.0 Å². The van der Waals surface area contributed by atoms with Crippen LogP contribution >= 0.6 is 23.2 Å². The van der Waals surface area contributed by atoms with Gasteiger partial charge in [0.15, 0.2) is 6.61 Å². The number of nitrogens with one attached hydrogen (secondary N) is 1. The molecule has 1 N–H and O–H groups in total. The highest BCUT2D eigenvalue weighted by Gasteiger charge is 2.32. The van der Waals surface area contributed by atoms with Crippen LogP contribution in [0.4, 0.5) is 4.39 Å². The molecular weight excluding hydrogens is 526 g/mol. The summed E-state index contributed by atoms with van der Waals surface area (Å²) < 4.78 is 19.0. The first kappa shape index (κ1) is 27.9. The Morgan fingerprint density at radius 3 is 2.32 bits per heavy atom. The molecule has 200 valence electrons. The van der Waals surface area contributed by atoms with Crippen molar-refractivity contribution in [2.75, 3.05) is 6.61 Å². The van der Waals surface area contributed by atoms with Gasteiger partial charge in [0.1, 0.15) is 17.6 Å². The number of carbonyl (C=O) groups is 2. The van der Waals surface area contributed by atoms with E-state index >= 15 is 0 Å². The third-order valence-corrected chi connectivity index (χ3v) is 7.47. The fraction of sp³-hybridized carbons (Fsp3) is 0.333. The Kier molecular flexibility index (Phi) is 10.0. The highest BCUT2D eigenvalue weighted by molar-refractivity contribution is 6.42. The minimum atomic E-state index is -0.780. The van der Waals surface area contributed by atoms with E-state index in [2.05, 4.69) is 5.32 Å². The molecular formula is C30H31Cl2FN2O3. The number of amides is 2. The van der Waals surface area contributed by atoms with Crippen LogP contribution < -0.4 is 10.1 Å². The van der Waals surface area contributed by atoms with Gasteiger partial charge in [0.05, 0.1) is 10.0 Å². The maximum atomic E-state index is 13.8. The van der Waals surface area contributed by atoms with E-state index < -0.39 is 11.9 Å². The Morgan fingerprint density at radius 2 is 1.63 bits per heavy atom.